The molecule has 1 unspecified atom stereocenters. The molecule has 0 N–H and O–H groups in total. The largest absolute Gasteiger partial charge is 1.00 e. The zero-order valence-electron chi connectivity index (χ0n) is 19.2. The van der Waals surface area contributed by atoms with Crippen LogP contribution in [0, 0.1) is 0 Å². The van der Waals surface area contributed by atoms with E-state index < -0.39 is 44.9 Å². The molecule has 0 aliphatic carbocycles. The normalized spacial score (nSPS) is 13.3. The standard InChI is InChI=1S/C20H38O7S.Na/c1-7-9-11-13-19(3,4)26-17(21)15-16(28(23,24)25)18(22)27-20(5,6)14-12-10-8-2;/h16H,7-15H2,1-6H3,(H,23,24,25);/q;+1/p-1. The van der Waals surface area contributed by atoms with Gasteiger partial charge < -0.3 is 14.0 Å². The minimum Gasteiger partial charge on any atom is -0.747 e. The summed E-state index contributed by atoms with van der Waals surface area (Å²) < 4.78 is 45.3. The van der Waals surface area contributed by atoms with Crippen LogP contribution >= 0.6 is 0 Å². The molecule has 0 fully saturated rings. The zero-order valence-corrected chi connectivity index (χ0v) is 22.0. The smallest absolute Gasteiger partial charge is 0.747 e. The number of rotatable bonds is 14. The van der Waals surface area contributed by atoms with Gasteiger partial charge in [0.15, 0.2) is 5.25 Å². The van der Waals surface area contributed by atoms with Crippen LogP contribution in [-0.2, 0) is 29.2 Å². The van der Waals surface area contributed by atoms with E-state index in [1.165, 1.54) is 0 Å². The van der Waals surface area contributed by atoms with Crippen LogP contribution in [0.15, 0.2) is 0 Å². The molecule has 0 aliphatic rings. The van der Waals surface area contributed by atoms with E-state index in [1.807, 2.05) is 6.92 Å². The minimum absolute atomic E-state index is 0. The summed E-state index contributed by atoms with van der Waals surface area (Å²) in [5, 5.41) is -2.10. The maximum Gasteiger partial charge on any atom is 1.00 e. The summed E-state index contributed by atoms with van der Waals surface area (Å²) >= 11 is 0. The molecular formula is C20H37NaO7S. The Morgan fingerprint density at radius 1 is 0.862 bits per heavy atom. The third kappa shape index (κ3) is 14.5. The van der Waals surface area contributed by atoms with Gasteiger partial charge in [-0.25, -0.2) is 8.42 Å². The molecule has 0 aromatic carbocycles. The van der Waals surface area contributed by atoms with Crippen LogP contribution in [0.2, 0.25) is 0 Å². The first kappa shape index (κ1) is 31.0. The number of hydrogen-bond donors (Lipinski definition) is 0. The second-order valence-electron chi connectivity index (χ2n) is 8.51. The van der Waals surface area contributed by atoms with E-state index in [1.54, 1.807) is 27.7 Å². The molecule has 0 aliphatic heterocycles. The SMILES string of the molecule is CCCCCC(C)(C)OC(=O)CC(C(=O)OC(C)(C)CCCCC)S(=O)(=O)[O-].[Na+]. The van der Waals surface area contributed by atoms with Gasteiger partial charge in [-0.05, 0) is 53.4 Å². The average Bonchev–Trinajstić information content (AvgIpc) is 2.50. The number of unbranched alkanes of at least 4 members (excludes halogenated alkanes) is 4. The monoisotopic (exact) mass is 444 g/mol. The van der Waals surface area contributed by atoms with E-state index in [2.05, 4.69) is 6.92 Å². The number of esters is 2. The Bertz CT molecular complexity index is 600. The van der Waals surface area contributed by atoms with Gasteiger partial charge in [-0.15, -0.1) is 0 Å². The van der Waals surface area contributed by atoms with Crippen molar-refractivity contribution < 1.29 is 61.6 Å². The molecule has 0 aromatic heterocycles. The first-order valence-electron chi connectivity index (χ1n) is 10.1. The topological polar surface area (TPSA) is 110 Å². The Balaban J connectivity index is 0. The maximum atomic E-state index is 12.3. The molecule has 0 aromatic rings. The Kier molecular flexibility index (Phi) is 15.0. The van der Waals surface area contributed by atoms with Gasteiger partial charge in [-0.1, -0.05) is 39.5 Å². The Labute approximate surface area is 198 Å². The van der Waals surface area contributed by atoms with E-state index >= 15 is 0 Å². The predicted octanol–water partition coefficient (Wildman–Crippen LogP) is 1.10. The van der Waals surface area contributed by atoms with Crippen LogP contribution < -0.4 is 29.6 Å². The fourth-order valence-corrected chi connectivity index (χ4v) is 3.47. The molecule has 0 heterocycles. The van der Waals surface area contributed by atoms with Gasteiger partial charge in [0, 0.05) is 0 Å². The van der Waals surface area contributed by atoms with Crippen molar-refractivity contribution >= 4 is 22.1 Å². The maximum absolute atomic E-state index is 12.3. The molecule has 0 rings (SSSR count). The van der Waals surface area contributed by atoms with Gasteiger partial charge in [0.25, 0.3) is 0 Å². The summed E-state index contributed by atoms with van der Waals surface area (Å²) in [6, 6.07) is 0. The molecule has 0 saturated carbocycles. The molecule has 0 amide bonds. The molecule has 1 atom stereocenters. The van der Waals surface area contributed by atoms with Gasteiger partial charge in [-0.2, -0.15) is 0 Å². The third-order valence-electron chi connectivity index (χ3n) is 4.50. The number of ether oxygens (including phenoxy) is 2. The van der Waals surface area contributed by atoms with Crippen LogP contribution in [0.1, 0.15) is 99.3 Å². The average molecular weight is 445 g/mol. The van der Waals surface area contributed by atoms with Crippen molar-refractivity contribution in [2.45, 2.75) is 116 Å². The molecule has 29 heavy (non-hydrogen) atoms. The van der Waals surface area contributed by atoms with E-state index in [9.17, 15) is 22.6 Å². The Morgan fingerprint density at radius 3 is 1.66 bits per heavy atom. The molecule has 0 radical (unpaired) electrons. The van der Waals surface area contributed by atoms with Crippen LogP contribution in [0.4, 0.5) is 0 Å². The van der Waals surface area contributed by atoms with Crippen molar-refractivity contribution in [3.05, 3.63) is 0 Å². The number of hydrogen-bond acceptors (Lipinski definition) is 7. The van der Waals surface area contributed by atoms with E-state index in [4.69, 9.17) is 9.47 Å². The molecule has 7 nitrogen and oxygen atoms in total. The number of carbonyl (C=O) groups is 2. The van der Waals surface area contributed by atoms with Gasteiger partial charge in [0.05, 0.1) is 6.42 Å². The molecule has 0 bridgehead atoms. The molecular weight excluding hydrogens is 407 g/mol. The Morgan fingerprint density at radius 2 is 1.28 bits per heavy atom. The van der Waals surface area contributed by atoms with Gasteiger partial charge >= 0.3 is 41.5 Å². The molecule has 0 saturated heterocycles. The fourth-order valence-electron chi connectivity index (χ4n) is 2.85. The van der Waals surface area contributed by atoms with Crippen LogP contribution in [0.5, 0.6) is 0 Å². The van der Waals surface area contributed by atoms with Gasteiger partial charge in [-0.3, -0.25) is 9.59 Å². The van der Waals surface area contributed by atoms with E-state index in [0.717, 1.165) is 38.5 Å². The Hall–Kier alpha value is -0.150. The third-order valence-corrected chi connectivity index (χ3v) is 5.55. The number of carbonyl (C=O) groups excluding carboxylic acids is 2. The summed E-state index contributed by atoms with van der Waals surface area (Å²) in [5.41, 5.74) is -1.72. The van der Waals surface area contributed by atoms with E-state index in [-0.39, 0.29) is 29.6 Å². The first-order chi connectivity index (χ1) is 12.7. The van der Waals surface area contributed by atoms with Crippen molar-refractivity contribution in [3.63, 3.8) is 0 Å². The predicted molar refractivity (Wildman–Crippen MR) is 107 cm³/mol. The summed E-state index contributed by atoms with van der Waals surface area (Å²) in [6.07, 6.45) is 5.90. The summed E-state index contributed by atoms with van der Waals surface area (Å²) in [7, 11) is -5.06. The molecule has 9 heteroatoms. The van der Waals surface area contributed by atoms with Crippen molar-refractivity contribution in [3.8, 4) is 0 Å². The van der Waals surface area contributed by atoms with Crippen molar-refractivity contribution in [1.82, 2.24) is 0 Å². The summed E-state index contributed by atoms with van der Waals surface area (Å²) in [6.45, 7) is 10.8. The summed E-state index contributed by atoms with van der Waals surface area (Å²) in [4.78, 5) is 24.5. The summed E-state index contributed by atoms with van der Waals surface area (Å²) in [5.74, 6) is -2.09. The second kappa shape index (κ2) is 14.0. The van der Waals surface area contributed by atoms with Crippen LogP contribution in [0.3, 0.4) is 0 Å². The molecule has 0 spiro atoms. The zero-order chi connectivity index (χ0) is 22.0. The van der Waals surface area contributed by atoms with E-state index in [0.29, 0.717) is 12.8 Å². The second-order valence-corrected chi connectivity index (χ2v) is 10.1. The van der Waals surface area contributed by atoms with Gasteiger partial charge in [0.2, 0.25) is 0 Å². The van der Waals surface area contributed by atoms with Crippen LogP contribution in [-0.4, -0.2) is 41.4 Å². The van der Waals surface area contributed by atoms with Crippen molar-refractivity contribution in [2.75, 3.05) is 0 Å². The van der Waals surface area contributed by atoms with Crippen LogP contribution in [0.25, 0.3) is 0 Å². The fraction of sp³-hybridized carbons (Fsp3) is 0.900. The first-order valence-corrected chi connectivity index (χ1v) is 11.6. The van der Waals surface area contributed by atoms with Gasteiger partial charge in [0.1, 0.15) is 21.3 Å². The van der Waals surface area contributed by atoms with Crippen molar-refractivity contribution in [1.29, 1.82) is 0 Å². The molecule has 166 valence electrons. The van der Waals surface area contributed by atoms with Crippen molar-refractivity contribution in [2.24, 2.45) is 0 Å². The minimum atomic E-state index is -5.06. The quantitative estimate of drug-likeness (QED) is 0.171.